The van der Waals surface area contributed by atoms with Crippen molar-refractivity contribution in [1.82, 2.24) is 0 Å². The Bertz CT molecular complexity index is 685. The number of nitro groups is 1. The lowest BCUT2D eigenvalue weighted by Crippen LogP contribution is -2.12. The maximum atomic E-state index is 11.3. The maximum absolute atomic E-state index is 11.3. The molecule has 0 heterocycles. The van der Waals surface area contributed by atoms with E-state index in [1.165, 1.54) is 24.3 Å². The lowest BCUT2D eigenvalue weighted by Gasteiger charge is -2.01. The Morgan fingerprint density at radius 2 is 1.95 bits per heavy atom. The molecule has 0 saturated heterocycles. The molecule has 0 bridgehead atoms. The highest BCUT2D eigenvalue weighted by atomic mass is 32.2. The molecule has 1 radical (unpaired) electrons. The van der Waals surface area contributed by atoms with Crippen LogP contribution in [0, 0.1) is 16.2 Å². The van der Waals surface area contributed by atoms with Gasteiger partial charge >= 0.3 is 10.0 Å². The molecule has 1 aliphatic carbocycles. The Morgan fingerprint density at radius 1 is 1.26 bits per heavy atom. The van der Waals surface area contributed by atoms with Crippen molar-refractivity contribution in [2.24, 2.45) is 4.99 Å². The van der Waals surface area contributed by atoms with Crippen LogP contribution in [0.25, 0.3) is 0 Å². The van der Waals surface area contributed by atoms with Gasteiger partial charge in [-0.2, -0.15) is 8.42 Å². The Hall–Kier alpha value is -2.28. The second-order valence-corrected chi connectivity index (χ2v) is 5.41. The molecule has 1 aliphatic rings. The highest BCUT2D eigenvalue weighted by molar-refractivity contribution is 7.85. The summed E-state index contributed by atoms with van der Waals surface area (Å²) in [5.41, 5.74) is 1.24. The van der Waals surface area contributed by atoms with Gasteiger partial charge in [0.15, 0.2) is 4.33 Å². The van der Waals surface area contributed by atoms with Gasteiger partial charge in [-0.15, -0.1) is 0 Å². The van der Waals surface area contributed by atoms with Gasteiger partial charge in [0.05, 0.1) is 11.4 Å². The number of allylic oxidation sites excluding steroid dienone is 4. The smallest absolute Gasteiger partial charge is 0.252 e. The molecule has 6 nitrogen and oxygen atoms in total. The van der Waals surface area contributed by atoms with Gasteiger partial charge in [0.25, 0.3) is 0 Å². The minimum atomic E-state index is -4.49. The Morgan fingerprint density at radius 3 is 2.47 bits per heavy atom. The first-order chi connectivity index (χ1) is 9.00. The number of sulfonamides is 1. The molecule has 0 N–H and O–H groups in total. The highest BCUT2D eigenvalue weighted by Gasteiger charge is 2.26. The van der Waals surface area contributed by atoms with E-state index in [1.807, 2.05) is 12.2 Å². The summed E-state index contributed by atoms with van der Waals surface area (Å²) in [6.07, 6.45) is 9.09. The van der Waals surface area contributed by atoms with E-state index < -0.39 is 14.4 Å². The second-order valence-electron chi connectivity index (χ2n) is 3.69. The van der Waals surface area contributed by atoms with Crippen LogP contribution in [-0.2, 0) is 10.0 Å². The zero-order chi connectivity index (χ0) is 13.9. The van der Waals surface area contributed by atoms with Crippen molar-refractivity contribution >= 4 is 21.4 Å². The molecule has 1 aromatic rings. The molecular formula is C12H9N2O4S. The Labute approximate surface area is 110 Å². The van der Waals surface area contributed by atoms with Crippen LogP contribution in [-0.4, -0.2) is 18.5 Å². The third-order valence-electron chi connectivity index (χ3n) is 2.39. The van der Waals surface area contributed by atoms with Gasteiger partial charge < -0.3 is 0 Å². The van der Waals surface area contributed by atoms with Crippen LogP contribution in [0.4, 0.5) is 5.69 Å². The molecule has 19 heavy (non-hydrogen) atoms. The van der Waals surface area contributed by atoms with Gasteiger partial charge in [-0.05, 0) is 24.3 Å². The molecule has 7 heteroatoms. The summed E-state index contributed by atoms with van der Waals surface area (Å²) in [4.78, 5) is 14.3. The molecule has 0 spiro atoms. The van der Waals surface area contributed by atoms with Gasteiger partial charge in [0.2, 0.25) is 0 Å². The van der Waals surface area contributed by atoms with Crippen LogP contribution in [0.3, 0.4) is 0 Å². The molecule has 0 fully saturated rings. The van der Waals surface area contributed by atoms with Crippen LogP contribution in [0.5, 0.6) is 0 Å². The molecule has 2 rings (SSSR count). The fourth-order valence-corrected chi connectivity index (χ4v) is 2.12. The molecular weight excluding hydrogens is 268 g/mol. The zero-order valence-corrected chi connectivity index (χ0v) is 10.5. The summed E-state index contributed by atoms with van der Waals surface area (Å²) in [7, 11) is -4.49. The summed E-state index contributed by atoms with van der Waals surface area (Å²) < 4.78 is 21.2. The summed E-state index contributed by atoms with van der Waals surface area (Å²) in [5, 5.41) is 10.4. The largest absolute Gasteiger partial charge is 0.448 e. The van der Waals surface area contributed by atoms with Gasteiger partial charge in [-0.3, -0.25) is 4.99 Å². The van der Waals surface area contributed by atoms with Crippen molar-refractivity contribution in [2.75, 3.05) is 0 Å². The fraction of sp³-hybridized carbons (Fsp3) is 0.0833. The van der Waals surface area contributed by atoms with Crippen molar-refractivity contribution in [3.8, 4) is 0 Å². The topological polar surface area (TPSA) is 89.6 Å². The summed E-state index contributed by atoms with van der Waals surface area (Å²) in [6.45, 7) is 0. The van der Waals surface area contributed by atoms with Gasteiger partial charge in [0, 0.05) is 12.5 Å². The van der Waals surface area contributed by atoms with Crippen LogP contribution in [0.15, 0.2) is 52.4 Å². The van der Waals surface area contributed by atoms with Gasteiger partial charge in [0.1, 0.15) is 4.90 Å². The summed E-state index contributed by atoms with van der Waals surface area (Å²) in [6, 6.07) is 5.17. The lowest BCUT2D eigenvalue weighted by molar-refractivity contribution is -0.305. The third kappa shape index (κ3) is 2.94. The van der Waals surface area contributed by atoms with E-state index in [1.54, 1.807) is 6.08 Å². The van der Waals surface area contributed by atoms with E-state index in [4.69, 9.17) is 0 Å². The number of nitrogens with zero attached hydrogens (tertiary/aromatic N) is 2. The number of hydrogen-bond acceptors (Lipinski definition) is 5. The Kier molecular flexibility index (Phi) is 3.57. The van der Waals surface area contributed by atoms with E-state index >= 15 is 0 Å². The second kappa shape index (κ2) is 5.15. The first-order valence-electron chi connectivity index (χ1n) is 5.32. The molecule has 0 saturated carbocycles. The first-order valence-corrected chi connectivity index (χ1v) is 6.76. The summed E-state index contributed by atoms with van der Waals surface area (Å²) >= 11 is 0. The highest BCUT2D eigenvalue weighted by Crippen LogP contribution is 2.19. The lowest BCUT2D eigenvalue weighted by atomic mass is 10.1. The summed E-state index contributed by atoms with van der Waals surface area (Å²) in [5.74, 6) is 0. The first kappa shape index (κ1) is 13.2. The van der Waals surface area contributed by atoms with Crippen molar-refractivity contribution in [1.29, 1.82) is 0 Å². The van der Waals surface area contributed by atoms with Crippen LogP contribution in [0.1, 0.15) is 6.42 Å². The van der Waals surface area contributed by atoms with Crippen molar-refractivity contribution in [3.63, 3.8) is 0 Å². The molecule has 0 amide bonds. The minimum Gasteiger partial charge on any atom is -0.252 e. The average Bonchev–Trinajstić information content (AvgIpc) is 2.40. The van der Waals surface area contributed by atoms with E-state index in [9.17, 15) is 18.5 Å². The number of aliphatic imine (C=N–C) groups is 1. The van der Waals surface area contributed by atoms with Crippen molar-refractivity contribution < 1.29 is 12.7 Å². The molecule has 0 aliphatic heterocycles. The zero-order valence-electron chi connectivity index (χ0n) is 9.68. The average molecular weight is 277 g/mol. The normalized spacial score (nSPS) is 16.7. The predicted molar refractivity (Wildman–Crippen MR) is 69.3 cm³/mol. The van der Waals surface area contributed by atoms with Gasteiger partial charge in [-0.1, -0.05) is 18.2 Å². The quantitative estimate of drug-likeness (QED) is 0.624. The molecule has 0 atom stereocenters. The fourth-order valence-electron chi connectivity index (χ4n) is 1.46. The molecule has 97 valence electrons. The van der Waals surface area contributed by atoms with E-state index in [-0.39, 0.29) is 4.90 Å². The van der Waals surface area contributed by atoms with Crippen molar-refractivity contribution in [3.05, 3.63) is 58.7 Å². The number of benzene rings is 1. The molecule has 0 unspecified atom stereocenters. The SMILES string of the molecule is O=[N+]([O-])S(=O)(=O)c1ccc(N=C2[C]=CC=CC2)cc1. The third-order valence-corrected chi connectivity index (χ3v) is 3.65. The molecule has 0 aromatic heterocycles. The van der Waals surface area contributed by atoms with E-state index in [0.717, 1.165) is 0 Å². The van der Waals surface area contributed by atoms with Crippen LogP contribution >= 0.6 is 0 Å². The number of rotatable bonds is 3. The van der Waals surface area contributed by atoms with Crippen LogP contribution in [0.2, 0.25) is 0 Å². The van der Waals surface area contributed by atoms with Gasteiger partial charge in [-0.25, -0.2) is 10.1 Å². The Balaban J connectivity index is 2.27. The predicted octanol–water partition coefficient (Wildman–Crippen LogP) is 2.04. The van der Waals surface area contributed by atoms with Crippen molar-refractivity contribution in [2.45, 2.75) is 11.3 Å². The van der Waals surface area contributed by atoms with E-state index in [2.05, 4.69) is 11.1 Å². The van der Waals surface area contributed by atoms with E-state index in [0.29, 0.717) is 17.8 Å². The molecule has 1 aromatic carbocycles. The monoisotopic (exact) mass is 277 g/mol. The van der Waals surface area contributed by atoms with Crippen LogP contribution < -0.4 is 0 Å². The standard InChI is InChI=1S/C12H9N2O4S/c15-14(16)19(17,18)12-8-6-11(7-9-12)13-10-4-2-1-3-5-10/h1-3,6-9H,4H2. The minimum absolute atomic E-state index is 0.357. The maximum Gasteiger partial charge on any atom is 0.448 e. The number of hydrogen-bond donors (Lipinski definition) is 0.